The predicted molar refractivity (Wildman–Crippen MR) is 156 cm³/mol. The lowest BCUT2D eigenvalue weighted by molar-refractivity contribution is 0.0187. The maximum atomic E-state index is 11.9. The van der Waals surface area contributed by atoms with Crippen molar-refractivity contribution in [1.82, 2.24) is 14.2 Å². The molecule has 6 N–H and O–H groups in total. The van der Waals surface area contributed by atoms with Crippen LogP contribution in [0.4, 0.5) is 14.6 Å². The molecule has 10 nitrogen and oxygen atoms in total. The first-order valence-electron chi connectivity index (χ1n) is 13.0. The molecule has 3 heterocycles. The Morgan fingerprint density at radius 1 is 0.947 bits per heavy atom. The molecular weight excluding hydrogens is 524 g/mol. The summed E-state index contributed by atoms with van der Waals surface area (Å²) in [6, 6.07) is 1.94. The number of ether oxygens (including phenoxy) is 2. The van der Waals surface area contributed by atoms with Gasteiger partial charge in [0, 0.05) is 43.7 Å². The average molecular weight is 569 g/mol. The number of carbonyl (C=O) groups excluding carboxylic acids is 2. The highest BCUT2D eigenvalue weighted by Crippen LogP contribution is 2.30. The molecule has 2 aliphatic heterocycles. The third-order valence-corrected chi connectivity index (χ3v) is 6.79. The Morgan fingerprint density at radius 2 is 1.39 bits per heavy atom. The number of nitrogens with zero attached hydrogens (tertiary/aromatic N) is 3. The van der Waals surface area contributed by atoms with Gasteiger partial charge in [-0.25, -0.2) is 9.59 Å². The lowest BCUT2D eigenvalue weighted by Crippen LogP contribution is -2.42. The Morgan fingerprint density at radius 3 is 1.76 bits per heavy atom. The molecule has 2 fully saturated rings. The van der Waals surface area contributed by atoms with E-state index in [9.17, 15) is 9.59 Å². The number of nitrogens with two attached hydrogens (primary N) is 3. The number of thiocarbonyl (C=S) groups is 1. The monoisotopic (exact) mass is 568 g/mol. The summed E-state index contributed by atoms with van der Waals surface area (Å²) in [5.74, 6) is 0.646. The molecule has 0 saturated carbocycles. The standard InChI is InChI=1S/C13H21N3O2S.C13H23N3O2S/c1-13(2,3)18-12(17)16-6-4-9(5-7-16)10-8-11(14)19-15-10;1-13(2,3)18-12(17)16-6-4-9(5-7-16)10(14)8-11(15)19/h8-9H,4-7,14H2,1-3H3;8-9H,4-7,14H2,1-3H3,(H2,15,19)/b;10-8-. The highest BCUT2D eigenvalue weighted by Gasteiger charge is 2.29. The zero-order valence-electron chi connectivity index (χ0n) is 23.5. The van der Waals surface area contributed by atoms with Crippen molar-refractivity contribution in [1.29, 1.82) is 0 Å². The first kappa shape index (κ1) is 31.6. The molecule has 38 heavy (non-hydrogen) atoms. The van der Waals surface area contributed by atoms with Gasteiger partial charge in [0.25, 0.3) is 0 Å². The van der Waals surface area contributed by atoms with Crippen molar-refractivity contribution in [3.05, 3.63) is 23.5 Å². The number of anilines is 1. The van der Waals surface area contributed by atoms with E-state index in [-0.39, 0.29) is 18.1 Å². The van der Waals surface area contributed by atoms with E-state index < -0.39 is 11.2 Å². The van der Waals surface area contributed by atoms with Gasteiger partial charge in [0.2, 0.25) is 0 Å². The molecule has 1 aromatic rings. The topological polar surface area (TPSA) is 150 Å². The summed E-state index contributed by atoms with van der Waals surface area (Å²) >= 11 is 6.14. The quantitative estimate of drug-likeness (QED) is 0.351. The molecule has 0 spiro atoms. The summed E-state index contributed by atoms with van der Waals surface area (Å²) in [5, 5.41) is 0.754. The highest BCUT2D eigenvalue weighted by atomic mass is 32.1. The second kappa shape index (κ2) is 13.5. The van der Waals surface area contributed by atoms with Crippen molar-refractivity contribution in [3.8, 4) is 0 Å². The molecule has 2 saturated heterocycles. The average Bonchev–Trinajstić information content (AvgIpc) is 3.23. The molecule has 0 aromatic carbocycles. The number of aromatic nitrogens is 1. The third-order valence-electron chi connectivity index (χ3n) is 6.04. The normalized spacial score (nSPS) is 17.9. The molecule has 0 aliphatic carbocycles. The van der Waals surface area contributed by atoms with Crippen LogP contribution < -0.4 is 17.2 Å². The number of amides is 2. The first-order valence-corrected chi connectivity index (χ1v) is 14.2. The number of rotatable bonds is 3. The Kier molecular flexibility index (Phi) is 11.2. The Hall–Kier alpha value is -2.60. The number of hydrogen-bond donors (Lipinski definition) is 3. The van der Waals surface area contributed by atoms with E-state index >= 15 is 0 Å². The summed E-state index contributed by atoms with van der Waals surface area (Å²) in [6.07, 6.45) is 4.61. The van der Waals surface area contributed by atoms with Gasteiger partial charge < -0.3 is 36.5 Å². The molecule has 3 rings (SSSR count). The van der Waals surface area contributed by atoms with Gasteiger partial charge >= 0.3 is 12.2 Å². The molecule has 12 heteroatoms. The van der Waals surface area contributed by atoms with Crippen molar-refractivity contribution < 1.29 is 19.1 Å². The van der Waals surface area contributed by atoms with Gasteiger partial charge in [-0.2, -0.15) is 4.37 Å². The SMILES string of the molecule is CC(C)(C)OC(=O)N1CCC(/C(N)=C/C(N)=S)CC1.CC(C)(C)OC(=O)N1CCC(c2cc(N)sn2)CC1. The van der Waals surface area contributed by atoms with Crippen LogP contribution in [0.5, 0.6) is 0 Å². The van der Waals surface area contributed by atoms with Crippen molar-refractivity contribution in [2.45, 2.75) is 84.3 Å². The molecule has 2 amide bonds. The van der Waals surface area contributed by atoms with Crippen molar-refractivity contribution in [2.75, 3.05) is 31.9 Å². The molecular formula is C26H44N6O4S2. The summed E-state index contributed by atoms with van der Waals surface area (Å²) in [7, 11) is 0. The fourth-order valence-electron chi connectivity index (χ4n) is 4.18. The lowest BCUT2D eigenvalue weighted by atomic mass is 9.93. The number of nitrogen functional groups attached to an aromatic ring is 1. The smallest absolute Gasteiger partial charge is 0.410 e. The van der Waals surface area contributed by atoms with Gasteiger partial charge in [-0.3, -0.25) is 0 Å². The minimum absolute atomic E-state index is 0.219. The summed E-state index contributed by atoms with van der Waals surface area (Å²) in [6.45, 7) is 14.0. The minimum atomic E-state index is -0.460. The van der Waals surface area contributed by atoms with Gasteiger partial charge in [-0.1, -0.05) is 12.2 Å². The maximum absolute atomic E-state index is 11.9. The van der Waals surface area contributed by atoms with Crippen molar-refractivity contribution in [3.63, 3.8) is 0 Å². The van der Waals surface area contributed by atoms with Crippen LogP contribution in [0, 0.1) is 5.92 Å². The van der Waals surface area contributed by atoms with E-state index in [1.807, 2.05) is 47.6 Å². The number of hydrogen-bond acceptors (Lipinski definition) is 9. The fraction of sp³-hybridized carbons (Fsp3) is 0.692. The van der Waals surface area contributed by atoms with E-state index in [1.165, 1.54) is 11.5 Å². The summed E-state index contributed by atoms with van der Waals surface area (Å²) in [4.78, 5) is 27.6. The van der Waals surface area contributed by atoms with Crippen LogP contribution in [-0.2, 0) is 9.47 Å². The molecule has 214 valence electrons. The van der Waals surface area contributed by atoms with Crippen LogP contribution in [-0.4, -0.2) is 68.7 Å². The van der Waals surface area contributed by atoms with Crippen LogP contribution in [0.3, 0.4) is 0 Å². The van der Waals surface area contributed by atoms with Crippen LogP contribution in [0.1, 0.15) is 78.8 Å². The third kappa shape index (κ3) is 11.0. The van der Waals surface area contributed by atoms with Gasteiger partial charge in [0.05, 0.1) is 10.7 Å². The van der Waals surface area contributed by atoms with Crippen LogP contribution in [0.15, 0.2) is 17.8 Å². The largest absolute Gasteiger partial charge is 0.444 e. The Bertz CT molecular complexity index is 983. The first-order chi connectivity index (χ1) is 17.5. The minimum Gasteiger partial charge on any atom is -0.444 e. The van der Waals surface area contributed by atoms with E-state index in [4.69, 9.17) is 38.9 Å². The zero-order valence-corrected chi connectivity index (χ0v) is 25.1. The number of allylic oxidation sites excluding steroid dienone is 1. The summed E-state index contributed by atoms with van der Waals surface area (Å²) in [5.41, 5.74) is 17.9. The van der Waals surface area contributed by atoms with Crippen LogP contribution in [0.25, 0.3) is 0 Å². The van der Waals surface area contributed by atoms with E-state index in [0.717, 1.165) is 49.5 Å². The zero-order chi connectivity index (χ0) is 28.7. The van der Waals surface area contributed by atoms with Gasteiger partial charge in [0.1, 0.15) is 16.2 Å². The maximum Gasteiger partial charge on any atom is 0.410 e. The molecule has 0 atom stereocenters. The molecule has 1 aromatic heterocycles. The van der Waals surface area contributed by atoms with E-state index in [0.29, 0.717) is 29.7 Å². The van der Waals surface area contributed by atoms with Crippen molar-refractivity contribution in [2.24, 2.45) is 17.4 Å². The lowest BCUT2D eigenvalue weighted by Gasteiger charge is -2.33. The second-order valence-corrected chi connectivity index (χ2v) is 13.0. The number of piperidine rings is 2. The van der Waals surface area contributed by atoms with Crippen LogP contribution in [0.2, 0.25) is 0 Å². The van der Waals surface area contributed by atoms with E-state index in [1.54, 1.807) is 15.9 Å². The molecule has 0 unspecified atom stereocenters. The molecule has 0 radical (unpaired) electrons. The summed E-state index contributed by atoms with van der Waals surface area (Å²) < 4.78 is 15.1. The van der Waals surface area contributed by atoms with Gasteiger partial charge in [-0.15, -0.1) is 0 Å². The fourth-order valence-corrected chi connectivity index (χ4v) is 4.91. The second-order valence-electron chi connectivity index (χ2n) is 11.7. The van der Waals surface area contributed by atoms with Gasteiger partial charge in [-0.05, 0) is 90.9 Å². The van der Waals surface area contributed by atoms with Gasteiger partial charge in [0.15, 0.2) is 0 Å². The molecule has 2 aliphatic rings. The Labute approximate surface area is 236 Å². The molecule has 0 bridgehead atoms. The number of carbonyl (C=O) groups is 2. The van der Waals surface area contributed by atoms with Crippen LogP contribution >= 0.6 is 23.8 Å². The number of likely N-dealkylation sites (tertiary alicyclic amines) is 2. The van der Waals surface area contributed by atoms with Crippen molar-refractivity contribution >= 4 is 45.9 Å². The van der Waals surface area contributed by atoms with E-state index in [2.05, 4.69) is 4.37 Å². The highest BCUT2D eigenvalue weighted by molar-refractivity contribution is 7.80. The Balaban J connectivity index is 0.000000267. The predicted octanol–water partition coefficient (Wildman–Crippen LogP) is 4.60.